The normalized spacial score (nSPS) is 12.5. The van der Waals surface area contributed by atoms with E-state index in [4.69, 9.17) is 0 Å². The minimum absolute atomic E-state index is 0.245. The molecule has 2 aromatic carbocycles. The van der Waals surface area contributed by atoms with Crippen LogP contribution in [0.25, 0.3) is 28.4 Å². The number of halogens is 1. The number of nitrogens with zero attached hydrogens (tertiary/aromatic N) is 2. The molecule has 4 heteroatoms. The SMILES string of the molecule is C=CCc1ccc(-c2cnc3cc(C=CCCCC(C)O)ccc3n2)cc1F. The van der Waals surface area contributed by atoms with Gasteiger partial charge in [-0.15, -0.1) is 6.58 Å². The zero-order chi connectivity index (χ0) is 19.9. The lowest BCUT2D eigenvalue weighted by molar-refractivity contribution is 0.182. The molecule has 0 fully saturated rings. The number of benzene rings is 2. The lowest BCUT2D eigenvalue weighted by atomic mass is 10.1. The molecule has 144 valence electrons. The Kier molecular flexibility index (Phi) is 6.66. The molecule has 0 spiro atoms. The van der Waals surface area contributed by atoms with E-state index in [1.54, 1.807) is 18.3 Å². The fraction of sp³-hybridized carbons (Fsp3) is 0.250. The van der Waals surface area contributed by atoms with Crippen LogP contribution in [0.1, 0.15) is 37.3 Å². The molecule has 0 saturated carbocycles. The van der Waals surface area contributed by atoms with Gasteiger partial charge in [0.25, 0.3) is 0 Å². The lowest BCUT2D eigenvalue weighted by Crippen LogP contribution is -1.97. The van der Waals surface area contributed by atoms with E-state index < -0.39 is 0 Å². The second kappa shape index (κ2) is 9.38. The van der Waals surface area contributed by atoms with Crippen LogP contribution in [0.15, 0.2) is 61.3 Å². The zero-order valence-electron chi connectivity index (χ0n) is 16.1. The van der Waals surface area contributed by atoms with Gasteiger partial charge in [0.2, 0.25) is 0 Å². The Hall–Kier alpha value is -2.85. The van der Waals surface area contributed by atoms with Crippen molar-refractivity contribution in [1.82, 2.24) is 9.97 Å². The van der Waals surface area contributed by atoms with Crippen molar-refractivity contribution in [3.63, 3.8) is 0 Å². The van der Waals surface area contributed by atoms with Crippen LogP contribution < -0.4 is 0 Å². The second-order valence-corrected chi connectivity index (χ2v) is 6.98. The Balaban J connectivity index is 1.76. The minimum Gasteiger partial charge on any atom is -0.393 e. The maximum Gasteiger partial charge on any atom is 0.127 e. The van der Waals surface area contributed by atoms with E-state index in [-0.39, 0.29) is 11.9 Å². The summed E-state index contributed by atoms with van der Waals surface area (Å²) in [5, 5.41) is 9.28. The van der Waals surface area contributed by atoms with E-state index >= 15 is 0 Å². The number of aromatic nitrogens is 2. The number of aliphatic hydroxyl groups excluding tert-OH is 1. The Morgan fingerprint density at radius 3 is 2.79 bits per heavy atom. The van der Waals surface area contributed by atoms with Crippen molar-refractivity contribution in [2.75, 3.05) is 0 Å². The molecule has 0 aliphatic rings. The predicted octanol–water partition coefficient (Wildman–Crippen LogP) is 5.73. The van der Waals surface area contributed by atoms with Gasteiger partial charge < -0.3 is 5.11 Å². The van der Waals surface area contributed by atoms with Crippen LogP contribution in [-0.2, 0) is 6.42 Å². The molecule has 0 aliphatic carbocycles. The lowest BCUT2D eigenvalue weighted by Gasteiger charge is -2.06. The third kappa shape index (κ3) is 5.11. The van der Waals surface area contributed by atoms with Gasteiger partial charge in [-0.1, -0.05) is 36.4 Å². The highest BCUT2D eigenvalue weighted by Gasteiger charge is 2.07. The molecule has 0 bridgehead atoms. The minimum atomic E-state index is -0.254. The quantitative estimate of drug-likeness (QED) is 0.403. The number of allylic oxidation sites excluding steroid dienone is 2. The van der Waals surface area contributed by atoms with Crippen LogP contribution in [0.5, 0.6) is 0 Å². The molecule has 1 heterocycles. The van der Waals surface area contributed by atoms with Crippen LogP contribution >= 0.6 is 0 Å². The third-order valence-electron chi connectivity index (χ3n) is 4.58. The van der Waals surface area contributed by atoms with Gasteiger partial charge in [0.15, 0.2) is 0 Å². The number of unbranched alkanes of at least 4 members (excludes halogenated alkanes) is 1. The van der Waals surface area contributed by atoms with Crippen molar-refractivity contribution in [1.29, 1.82) is 0 Å². The smallest absolute Gasteiger partial charge is 0.127 e. The van der Waals surface area contributed by atoms with Gasteiger partial charge in [-0.05, 0) is 61.9 Å². The van der Waals surface area contributed by atoms with E-state index in [9.17, 15) is 9.50 Å². The Labute approximate surface area is 165 Å². The Morgan fingerprint density at radius 1 is 1.18 bits per heavy atom. The third-order valence-corrected chi connectivity index (χ3v) is 4.58. The molecule has 28 heavy (non-hydrogen) atoms. The summed E-state index contributed by atoms with van der Waals surface area (Å²) in [6.07, 6.45) is 10.5. The average Bonchev–Trinajstić information content (AvgIpc) is 2.68. The molecule has 1 atom stereocenters. The molecule has 3 rings (SSSR count). The summed E-state index contributed by atoms with van der Waals surface area (Å²) < 4.78 is 14.2. The fourth-order valence-corrected chi connectivity index (χ4v) is 3.05. The summed E-state index contributed by atoms with van der Waals surface area (Å²) in [7, 11) is 0. The summed E-state index contributed by atoms with van der Waals surface area (Å²) >= 11 is 0. The maximum absolute atomic E-state index is 14.2. The molecule has 3 aromatic rings. The number of hydrogen-bond donors (Lipinski definition) is 1. The number of hydrogen-bond acceptors (Lipinski definition) is 3. The van der Waals surface area contributed by atoms with E-state index in [0.29, 0.717) is 23.2 Å². The van der Waals surface area contributed by atoms with Crippen LogP contribution in [0.2, 0.25) is 0 Å². The standard InChI is InChI=1S/C24H25FN2O/c1-3-7-19-11-12-20(15-21(19)25)24-16-26-23-14-18(10-13-22(23)27-24)9-6-4-5-8-17(2)28/h3,6,9-17,28H,1,4-5,7-8H2,2H3. The van der Waals surface area contributed by atoms with Gasteiger partial charge in [-0.2, -0.15) is 0 Å². The highest BCUT2D eigenvalue weighted by atomic mass is 19.1. The van der Waals surface area contributed by atoms with Gasteiger partial charge >= 0.3 is 0 Å². The molecule has 0 saturated heterocycles. The first-order valence-electron chi connectivity index (χ1n) is 9.58. The molecule has 0 aliphatic heterocycles. The summed E-state index contributed by atoms with van der Waals surface area (Å²) in [6.45, 7) is 5.46. The fourth-order valence-electron chi connectivity index (χ4n) is 3.05. The predicted molar refractivity (Wildman–Crippen MR) is 113 cm³/mol. The van der Waals surface area contributed by atoms with Crippen LogP contribution in [0, 0.1) is 5.82 Å². The van der Waals surface area contributed by atoms with Crippen LogP contribution in [0.4, 0.5) is 4.39 Å². The molecule has 1 N–H and O–H groups in total. The Morgan fingerprint density at radius 2 is 2.04 bits per heavy atom. The van der Waals surface area contributed by atoms with Crippen molar-refractivity contribution >= 4 is 17.1 Å². The van der Waals surface area contributed by atoms with E-state index in [0.717, 1.165) is 35.9 Å². The highest BCUT2D eigenvalue weighted by molar-refractivity contribution is 5.79. The number of fused-ring (bicyclic) bond motifs is 1. The van der Waals surface area contributed by atoms with Crippen molar-refractivity contribution < 1.29 is 9.50 Å². The number of rotatable bonds is 8. The highest BCUT2D eigenvalue weighted by Crippen LogP contribution is 2.23. The summed E-state index contributed by atoms with van der Waals surface area (Å²) in [5.41, 5.74) is 4.63. The van der Waals surface area contributed by atoms with Crippen molar-refractivity contribution in [2.24, 2.45) is 0 Å². The summed E-state index contributed by atoms with van der Waals surface area (Å²) in [5.74, 6) is -0.254. The molecule has 0 radical (unpaired) electrons. The first-order valence-corrected chi connectivity index (χ1v) is 9.58. The average molecular weight is 376 g/mol. The van der Waals surface area contributed by atoms with E-state index in [1.165, 1.54) is 6.07 Å². The topological polar surface area (TPSA) is 46.0 Å². The zero-order valence-corrected chi connectivity index (χ0v) is 16.1. The largest absolute Gasteiger partial charge is 0.393 e. The van der Waals surface area contributed by atoms with Gasteiger partial charge in [0, 0.05) is 5.56 Å². The maximum atomic E-state index is 14.2. The van der Waals surface area contributed by atoms with Gasteiger partial charge in [0.1, 0.15) is 5.82 Å². The first kappa shape index (κ1) is 19.9. The molecule has 1 aromatic heterocycles. The number of aliphatic hydroxyl groups is 1. The molecule has 1 unspecified atom stereocenters. The van der Waals surface area contributed by atoms with Crippen molar-refractivity contribution in [3.8, 4) is 11.3 Å². The van der Waals surface area contributed by atoms with Gasteiger partial charge in [0.05, 0.1) is 29.0 Å². The van der Waals surface area contributed by atoms with Crippen molar-refractivity contribution in [3.05, 3.63) is 78.3 Å². The Bertz CT molecular complexity index is 995. The summed E-state index contributed by atoms with van der Waals surface area (Å²) in [6, 6.07) is 11.1. The molecule has 3 nitrogen and oxygen atoms in total. The second-order valence-electron chi connectivity index (χ2n) is 6.98. The van der Waals surface area contributed by atoms with Crippen molar-refractivity contribution in [2.45, 2.75) is 38.7 Å². The monoisotopic (exact) mass is 376 g/mol. The van der Waals surface area contributed by atoms with E-state index in [2.05, 4.69) is 28.7 Å². The van der Waals surface area contributed by atoms with Crippen LogP contribution in [0.3, 0.4) is 0 Å². The molecule has 0 amide bonds. The van der Waals surface area contributed by atoms with E-state index in [1.807, 2.05) is 31.2 Å². The van der Waals surface area contributed by atoms with Gasteiger partial charge in [-0.25, -0.2) is 9.37 Å². The van der Waals surface area contributed by atoms with Gasteiger partial charge in [-0.3, -0.25) is 4.98 Å². The molecular formula is C24H25FN2O. The molecular weight excluding hydrogens is 351 g/mol. The van der Waals surface area contributed by atoms with Crippen LogP contribution in [-0.4, -0.2) is 21.2 Å². The first-order chi connectivity index (χ1) is 13.6. The summed E-state index contributed by atoms with van der Waals surface area (Å²) in [4.78, 5) is 9.14.